The van der Waals surface area contributed by atoms with E-state index in [4.69, 9.17) is 10.8 Å². The van der Waals surface area contributed by atoms with Gasteiger partial charge in [0.25, 0.3) is 0 Å². The summed E-state index contributed by atoms with van der Waals surface area (Å²) in [5.41, 5.74) is 6.14. The minimum absolute atomic E-state index is 0.0765. The molecule has 14 heavy (non-hydrogen) atoms. The number of phenolic OH excluding ortho intramolecular Hbond substituents is 1. The van der Waals surface area contributed by atoms with E-state index in [1.54, 1.807) is 0 Å². The number of rotatable bonds is 1. The minimum Gasteiger partial charge on any atom is -0.508 e. The third-order valence-electron chi connectivity index (χ3n) is 2.25. The Labute approximate surface area is 83.6 Å². The molecule has 2 nitrogen and oxygen atoms in total. The molecule has 0 heterocycles. The second-order valence-corrected chi connectivity index (χ2v) is 4.55. The van der Waals surface area contributed by atoms with Crippen molar-refractivity contribution in [2.45, 2.75) is 26.8 Å². The van der Waals surface area contributed by atoms with E-state index in [0.29, 0.717) is 5.56 Å². The largest absolute Gasteiger partial charge is 0.508 e. The van der Waals surface area contributed by atoms with Crippen LogP contribution >= 0.6 is 0 Å². The molecule has 3 N–H and O–H groups in total. The van der Waals surface area contributed by atoms with Crippen LogP contribution in [0.4, 0.5) is 4.39 Å². The predicted octanol–water partition coefficient (Wildman–Crippen LogP) is 2.58. The van der Waals surface area contributed by atoms with Crippen LogP contribution in [0.3, 0.4) is 0 Å². The highest BCUT2D eigenvalue weighted by Gasteiger charge is 2.24. The van der Waals surface area contributed by atoms with Gasteiger partial charge < -0.3 is 10.8 Å². The summed E-state index contributed by atoms with van der Waals surface area (Å²) in [5.74, 6) is -0.528. The molecule has 0 aromatic heterocycles. The molecule has 1 aromatic rings. The van der Waals surface area contributed by atoms with Gasteiger partial charge in [-0.25, -0.2) is 4.39 Å². The molecule has 1 rings (SSSR count). The van der Waals surface area contributed by atoms with Gasteiger partial charge in [-0.15, -0.1) is 0 Å². The van der Waals surface area contributed by atoms with E-state index in [9.17, 15) is 4.39 Å². The first-order chi connectivity index (χ1) is 6.32. The molecule has 78 valence electrons. The predicted molar refractivity (Wildman–Crippen MR) is 54.4 cm³/mol. The average Bonchev–Trinajstić information content (AvgIpc) is 2.01. The van der Waals surface area contributed by atoms with Crippen molar-refractivity contribution in [2.24, 2.45) is 11.1 Å². The second kappa shape index (κ2) is 3.58. The maximum absolute atomic E-state index is 13.4. The molecule has 3 heteroatoms. The van der Waals surface area contributed by atoms with Crippen LogP contribution in [0.25, 0.3) is 0 Å². The van der Waals surface area contributed by atoms with Crippen LogP contribution < -0.4 is 5.73 Å². The summed E-state index contributed by atoms with van der Waals surface area (Å²) in [6.45, 7) is 5.85. The number of phenols is 1. The van der Waals surface area contributed by atoms with Crippen LogP contribution in [0.2, 0.25) is 0 Å². The standard InChI is InChI=1S/C11H16FNO/c1-11(2,3)10(13)8-5-4-7(14)6-9(8)12/h4-6,10,14H,13H2,1-3H3/t10-/m1/s1. The van der Waals surface area contributed by atoms with Crippen LogP contribution in [0, 0.1) is 11.2 Å². The van der Waals surface area contributed by atoms with Gasteiger partial charge in [-0.1, -0.05) is 26.8 Å². The summed E-state index contributed by atoms with van der Waals surface area (Å²) in [7, 11) is 0. The topological polar surface area (TPSA) is 46.2 Å². The lowest BCUT2D eigenvalue weighted by atomic mass is 9.83. The number of hydrogen-bond donors (Lipinski definition) is 2. The van der Waals surface area contributed by atoms with E-state index < -0.39 is 5.82 Å². The van der Waals surface area contributed by atoms with Crippen molar-refractivity contribution in [3.05, 3.63) is 29.6 Å². The van der Waals surface area contributed by atoms with Crippen molar-refractivity contribution in [3.8, 4) is 5.75 Å². The molecule has 0 aliphatic rings. The molecule has 0 aliphatic heterocycles. The average molecular weight is 197 g/mol. The van der Waals surface area contributed by atoms with Crippen molar-refractivity contribution in [3.63, 3.8) is 0 Å². The molecular weight excluding hydrogens is 181 g/mol. The Morgan fingerprint density at radius 2 is 1.93 bits per heavy atom. The first-order valence-electron chi connectivity index (χ1n) is 4.56. The van der Waals surface area contributed by atoms with Crippen molar-refractivity contribution in [2.75, 3.05) is 0 Å². The minimum atomic E-state index is -0.451. The molecular formula is C11H16FNO. The van der Waals surface area contributed by atoms with Crippen LogP contribution in [0.1, 0.15) is 32.4 Å². The van der Waals surface area contributed by atoms with E-state index >= 15 is 0 Å². The summed E-state index contributed by atoms with van der Waals surface area (Å²) < 4.78 is 13.4. The van der Waals surface area contributed by atoms with Crippen LogP contribution in [-0.2, 0) is 0 Å². The second-order valence-electron chi connectivity index (χ2n) is 4.55. The zero-order valence-electron chi connectivity index (χ0n) is 8.71. The fourth-order valence-corrected chi connectivity index (χ4v) is 1.23. The van der Waals surface area contributed by atoms with Crippen molar-refractivity contribution >= 4 is 0 Å². The Hall–Kier alpha value is -1.09. The number of aromatic hydroxyl groups is 1. The Kier molecular flexibility index (Phi) is 2.81. The maximum Gasteiger partial charge on any atom is 0.131 e. The van der Waals surface area contributed by atoms with E-state index in [-0.39, 0.29) is 17.2 Å². The van der Waals surface area contributed by atoms with E-state index in [1.165, 1.54) is 12.1 Å². The van der Waals surface area contributed by atoms with Gasteiger partial charge in [0.2, 0.25) is 0 Å². The first kappa shape index (κ1) is 11.0. The quantitative estimate of drug-likeness (QED) is 0.726. The normalized spacial score (nSPS) is 14.1. The molecule has 0 fully saturated rings. The fraction of sp³-hybridized carbons (Fsp3) is 0.455. The lowest BCUT2D eigenvalue weighted by Crippen LogP contribution is -2.27. The summed E-state index contributed by atoms with van der Waals surface area (Å²) in [5, 5.41) is 9.04. The fourth-order valence-electron chi connectivity index (χ4n) is 1.23. The van der Waals surface area contributed by atoms with Gasteiger partial charge in [0, 0.05) is 17.7 Å². The van der Waals surface area contributed by atoms with Gasteiger partial charge >= 0.3 is 0 Å². The highest BCUT2D eigenvalue weighted by atomic mass is 19.1. The summed E-state index contributed by atoms with van der Waals surface area (Å²) in [6, 6.07) is 3.69. The highest BCUT2D eigenvalue weighted by Crippen LogP contribution is 2.32. The van der Waals surface area contributed by atoms with E-state index in [2.05, 4.69) is 0 Å². The van der Waals surface area contributed by atoms with Crippen LogP contribution in [-0.4, -0.2) is 5.11 Å². The monoisotopic (exact) mass is 197 g/mol. The number of nitrogens with two attached hydrogens (primary N) is 1. The van der Waals surface area contributed by atoms with Crippen molar-refractivity contribution in [1.29, 1.82) is 0 Å². The van der Waals surface area contributed by atoms with Gasteiger partial charge in [-0.3, -0.25) is 0 Å². The number of halogens is 1. The molecule has 0 aliphatic carbocycles. The van der Waals surface area contributed by atoms with E-state index in [1.807, 2.05) is 20.8 Å². The van der Waals surface area contributed by atoms with Gasteiger partial charge in [-0.05, 0) is 11.5 Å². The molecule has 1 atom stereocenters. The van der Waals surface area contributed by atoms with Crippen molar-refractivity contribution in [1.82, 2.24) is 0 Å². The Morgan fingerprint density at radius 3 is 2.36 bits per heavy atom. The summed E-state index contributed by atoms with van der Waals surface area (Å²) in [4.78, 5) is 0. The number of hydrogen-bond acceptors (Lipinski definition) is 2. The third-order valence-corrected chi connectivity index (χ3v) is 2.25. The molecule has 0 unspecified atom stereocenters. The lowest BCUT2D eigenvalue weighted by molar-refractivity contribution is 0.318. The molecule has 0 saturated heterocycles. The van der Waals surface area contributed by atoms with Crippen LogP contribution in [0.5, 0.6) is 5.75 Å². The highest BCUT2D eigenvalue weighted by molar-refractivity contribution is 5.30. The smallest absolute Gasteiger partial charge is 0.131 e. The lowest BCUT2D eigenvalue weighted by Gasteiger charge is -2.27. The molecule has 0 saturated carbocycles. The van der Waals surface area contributed by atoms with Crippen LogP contribution in [0.15, 0.2) is 18.2 Å². The Bertz CT molecular complexity index is 331. The Balaban J connectivity index is 3.08. The first-order valence-corrected chi connectivity index (χ1v) is 4.56. The SMILES string of the molecule is CC(C)(C)[C@H](N)c1ccc(O)cc1F. The zero-order valence-corrected chi connectivity index (χ0v) is 8.71. The van der Waals surface area contributed by atoms with Crippen molar-refractivity contribution < 1.29 is 9.50 Å². The van der Waals surface area contributed by atoms with Gasteiger partial charge in [0.1, 0.15) is 11.6 Å². The van der Waals surface area contributed by atoms with Gasteiger partial charge in [0.05, 0.1) is 0 Å². The molecule has 0 spiro atoms. The molecule has 1 aromatic carbocycles. The van der Waals surface area contributed by atoms with E-state index in [0.717, 1.165) is 6.07 Å². The zero-order chi connectivity index (χ0) is 10.9. The Morgan fingerprint density at radius 1 is 1.36 bits per heavy atom. The van der Waals surface area contributed by atoms with Gasteiger partial charge in [-0.2, -0.15) is 0 Å². The molecule has 0 amide bonds. The molecule has 0 bridgehead atoms. The molecule has 0 radical (unpaired) electrons. The maximum atomic E-state index is 13.4. The summed E-state index contributed by atoms with van der Waals surface area (Å²) in [6.07, 6.45) is 0. The summed E-state index contributed by atoms with van der Waals surface area (Å²) >= 11 is 0. The third kappa shape index (κ3) is 2.23. The number of benzene rings is 1. The van der Waals surface area contributed by atoms with Gasteiger partial charge in [0.15, 0.2) is 0 Å².